The third-order valence-corrected chi connectivity index (χ3v) is 4.52. The zero-order valence-corrected chi connectivity index (χ0v) is 15.1. The summed E-state index contributed by atoms with van der Waals surface area (Å²) in [7, 11) is 1.65. The lowest BCUT2D eigenvalue weighted by atomic mass is 9.92. The first-order valence-electron chi connectivity index (χ1n) is 7.49. The quantitative estimate of drug-likeness (QED) is 0.610. The molecule has 1 N–H and O–H groups in total. The number of hydrogen-bond donors (Lipinski definition) is 1. The molecule has 0 aromatic heterocycles. The molecule has 0 bridgehead atoms. The first-order chi connectivity index (χ1) is 10.9. The second-order valence-electron chi connectivity index (χ2n) is 5.99. The monoisotopic (exact) mass is 329 g/mol. The largest absolute Gasteiger partial charge is 0.496 e. The highest BCUT2D eigenvalue weighted by Gasteiger charge is 2.28. The van der Waals surface area contributed by atoms with Crippen molar-refractivity contribution in [2.45, 2.75) is 31.2 Å². The van der Waals surface area contributed by atoms with E-state index >= 15 is 0 Å². The van der Waals surface area contributed by atoms with E-state index in [4.69, 9.17) is 4.74 Å². The minimum absolute atomic E-state index is 0.0682. The molecule has 0 heterocycles. The van der Waals surface area contributed by atoms with E-state index in [0.717, 1.165) is 21.9 Å². The van der Waals surface area contributed by atoms with E-state index in [-0.39, 0.29) is 5.78 Å². The lowest BCUT2D eigenvalue weighted by molar-refractivity contribution is 0.0927. The van der Waals surface area contributed by atoms with Crippen LogP contribution < -0.4 is 10.1 Å². The average molecular weight is 329 g/mol. The van der Waals surface area contributed by atoms with Crippen molar-refractivity contribution in [3.8, 4) is 5.75 Å². The number of thioether (sulfide) groups is 1. The van der Waals surface area contributed by atoms with Crippen LogP contribution in [0.25, 0.3) is 0 Å². The molecular weight excluding hydrogens is 306 g/mol. The van der Waals surface area contributed by atoms with E-state index in [2.05, 4.69) is 5.32 Å². The smallest absolute Gasteiger partial charge is 0.187 e. The first kappa shape index (κ1) is 17.4. The van der Waals surface area contributed by atoms with E-state index in [1.54, 1.807) is 18.9 Å². The molecule has 0 aliphatic rings. The van der Waals surface area contributed by atoms with Crippen molar-refractivity contribution in [1.82, 2.24) is 0 Å². The summed E-state index contributed by atoms with van der Waals surface area (Å²) in [5.74, 6) is 0.908. The minimum Gasteiger partial charge on any atom is -0.496 e. The number of hydrogen-bond acceptors (Lipinski definition) is 4. The van der Waals surface area contributed by atoms with Crippen molar-refractivity contribution < 1.29 is 9.53 Å². The van der Waals surface area contributed by atoms with Crippen molar-refractivity contribution in [3.63, 3.8) is 0 Å². The summed E-state index contributed by atoms with van der Waals surface area (Å²) >= 11 is 1.67. The van der Waals surface area contributed by atoms with Crippen LogP contribution in [0.4, 0.5) is 5.69 Å². The molecule has 2 rings (SSSR count). The molecule has 0 radical (unpaired) electrons. The van der Waals surface area contributed by atoms with Crippen molar-refractivity contribution in [3.05, 3.63) is 53.6 Å². The van der Waals surface area contributed by atoms with Gasteiger partial charge in [-0.15, -0.1) is 11.8 Å². The predicted molar refractivity (Wildman–Crippen MR) is 98.0 cm³/mol. The highest BCUT2D eigenvalue weighted by Crippen LogP contribution is 2.26. The van der Waals surface area contributed by atoms with Gasteiger partial charge in [0.15, 0.2) is 5.78 Å². The molecule has 2 aromatic carbocycles. The number of nitrogens with one attached hydrogen (secondary N) is 1. The van der Waals surface area contributed by atoms with E-state index in [0.29, 0.717) is 5.56 Å². The van der Waals surface area contributed by atoms with Crippen LogP contribution in [0.3, 0.4) is 0 Å². The summed E-state index contributed by atoms with van der Waals surface area (Å²) in [5, 5.41) is 3.33. The molecule has 0 saturated heterocycles. The standard InChI is InChI=1S/C19H23NO2S/c1-13-12-15(8-11-17(13)22-4)20-19(2,3)18(21)14-6-9-16(23-5)10-7-14/h6-12,20H,1-5H3. The van der Waals surface area contributed by atoms with Crippen LogP contribution in [-0.4, -0.2) is 24.7 Å². The van der Waals surface area contributed by atoms with Crippen molar-refractivity contribution in [2.75, 3.05) is 18.7 Å². The van der Waals surface area contributed by atoms with Crippen LogP contribution in [0.15, 0.2) is 47.4 Å². The van der Waals surface area contributed by atoms with Crippen LogP contribution in [0, 0.1) is 6.92 Å². The van der Waals surface area contributed by atoms with Crippen LogP contribution in [0.1, 0.15) is 29.8 Å². The number of ketones is 1. The molecule has 23 heavy (non-hydrogen) atoms. The molecule has 2 aromatic rings. The van der Waals surface area contributed by atoms with E-state index in [1.807, 2.05) is 69.5 Å². The summed E-state index contributed by atoms with van der Waals surface area (Å²) in [5.41, 5.74) is 1.96. The van der Waals surface area contributed by atoms with Gasteiger partial charge in [-0.05, 0) is 62.9 Å². The Hall–Kier alpha value is -1.94. The van der Waals surface area contributed by atoms with Gasteiger partial charge in [-0.25, -0.2) is 0 Å². The van der Waals surface area contributed by atoms with Gasteiger partial charge < -0.3 is 10.1 Å². The SMILES string of the molecule is COc1ccc(NC(C)(C)C(=O)c2ccc(SC)cc2)cc1C. The highest BCUT2D eigenvalue weighted by atomic mass is 32.2. The Balaban J connectivity index is 2.19. The van der Waals surface area contributed by atoms with Crippen LogP contribution in [0.2, 0.25) is 0 Å². The Bertz CT molecular complexity index is 693. The summed E-state index contributed by atoms with van der Waals surface area (Å²) in [6, 6.07) is 13.6. The molecule has 0 fully saturated rings. The Labute approximate surface area is 142 Å². The molecule has 0 atom stereocenters. The maximum absolute atomic E-state index is 12.8. The second-order valence-corrected chi connectivity index (χ2v) is 6.87. The number of methoxy groups -OCH3 is 1. The molecule has 0 aliphatic carbocycles. The molecule has 0 saturated carbocycles. The molecule has 0 spiro atoms. The summed E-state index contributed by atoms with van der Waals surface area (Å²) < 4.78 is 5.27. The Kier molecular flexibility index (Phi) is 5.37. The van der Waals surface area contributed by atoms with Crippen molar-refractivity contribution in [1.29, 1.82) is 0 Å². The van der Waals surface area contributed by atoms with Gasteiger partial charge in [0.2, 0.25) is 0 Å². The van der Waals surface area contributed by atoms with Gasteiger partial charge in [0.05, 0.1) is 12.6 Å². The Morgan fingerprint density at radius 3 is 2.30 bits per heavy atom. The zero-order chi connectivity index (χ0) is 17.0. The van der Waals surface area contributed by atoms with Gasteiger partial charge in [0.1, 0.15) is 5.75 Å². The molecule has 0 amide bonds. The second kappa shape index (κ2) is 7.09. The molecule has 122 valence electrons. The summed E-state index contributed by atoms with van der Waals surface area (Å²) in [4.78, 5) is 13.9. The number of Topliss-reactive ketones (excluding diaryl/α,β-unsaturated/α-hetero) is 1. The number of carbonyl (C=O) groups excluding carboxylic acids is 1. The number of aryl methyl sites for hydroxylation is 1. The summed E-state index contributed by atoms with van der Waals surface area (Å²) in [6.07, 6.45) is 2.02. The molecule has 0 unspecified atom stereocenters. The highest BCUT2D eigenvalue weighted by molar-refractivity contribution is 7.98. The Morgan fingerprint density at radius 2 is 1.78 bits per heavy atom. The number of anilines is 1. The van der Waals surface area contributed by atoms with Crippen LogP contribution in [-0.2, 0) is 0 Å². The third-order valence-electron chi connectivity index (χ3n) is 3.77. The maximum atomic E-state index is 12.8. The third kappa shape index (κ3) is 4.08. The minimum atomic E-state index is -0.693. The normalized spacial score (nSPS) is 11.2. The average Bonchev–Trinajstić information content (AvgIpc) is 2.54. The zero-order valence-electron chi connectivity index (χ0n) is 14.3. The van der Waals surface area contributed by atoms with Gasteiger partial charge in [0.25, 0.3) is 0 Å². The lowest BCUT2D eigenvalue weighted by Crippen LogP contribution is -2.40. The van der Waals surface area contributed by atoms with Gasteiger partial charge in [-0.1, -0.05) is 12.1 Å². The van der Waals surface area contributed by atoms with Gasteiger partial charge >= 0.3 is 0 Å². The number of ether oxygens (including phenoxy) is 1. The maximum Gasteiger partial charge on any atom is 0.187 e. The van der Waals surface area contributed by atoms with Gasteiger partial charge in [0, 0.05) is 16.1 Å². The predicted octanol–water partition coefficient (Wildman–Crippen LogP) is 4.80. The van der Waals surface area contributed by atoms with E-state index in [1.165, 1.54) is 0 Å². The Morgan fingerprint density at radius 1 is 1.13 bits per heavy atom. The topological polar surface area (TPSA) is 38.3 Å². The first-order valence-corrected chi connectivity index (χ1v) is 8.71. The van der Waals surface area contributed by atoms with Crippen LogP contribution >= 0.6 is 11.8 Å². The van der Waals surface area contributed by atoms with E-state index < -0.39 is 5.54 Å². The number of rotatable bonds is 6. The van der Waals surface area contributed by atoms with Crippen LogP contribution in [0.5, 0.6) is 5.75 Å². The fourth-order valence-electron chi connectivity index (χ4n) is 2.48. The fraction of sp³-hybridized carbons (Fsp3) is 0.316. The van der Waals surface area contributed by atoms with Crippen molar-refractivity contribution >= 4 is 23.2 Å². The lowest BCUT2D eigenvalue weighted by Gasteiger charge is -2.26. The van der Waals surface area contributed by atoms with E-state index in [9.17, 15) is 4.79 Å². The van der Waals surface area contributed by atoms with Gasteiger partial charge in [-0.3, -0.25) is 4.79 Å². The molecule has 0 aliphatic heterocycles. The molecule has 3 nitrogen and oxygen atoms in total. The van der Waals surface area contributed by atoms with Crippen molar-refractivity contribution in [2.24, 2.45) is 0 Å². The van der Waals surface area contributed by atoms with Gasteiger partial charge in [-0.2, -0.15) is 0 Å². The molecule has 4 heteroatoms. The molecular formula is C19H23NO2S. The summed E-state index contributed by atoms with van der Waals surface area (Å²) in [6.45, 7) is 5.79. The number of benzene rings is 2. The number of carbonyl (C=O) groups is 1. The fourth-order valence-corrected chi connectivity index (χ4v) is 2.89.